The van der Waals surface area contributed by atoms with Gasteiger partial charge >= 0.3 is 0 Å². The molecule has 1 aliphatic rings. The molecule has 0 amide bonds. The van der Waals surface area contributed by atoms with Crippen molar-refractivity contribution in [3.8, 4) is 0 Å². The van der Waals surface area contributed by atoms with Gasteiger partial charge < -0.3 is 16.4 Å². The molecule has 3 rings (SSSR count). The Morgan fingerprint density at radius 3 is 2.78 bits per heavy atom. The summed E-state index contributed by atoms with van der Waals surface area (Å²) in [7, 11) is 0. The molecule has 1 unspecified atom stereocenters. The van der Waals surface area contributed by atoms with Crippen molar-refractivity contribution in [1.29, 1.82) is 0 Å². The van der Waals surface area contributed by atoms with Crippen LogP contribution in [0.5, 0.6) is 0 Å². The fourth-order valence-electron chi connectivity index (χ4n) is 2.64. The first-order valence-corrected chi connectivity index (χ1v) is 8.22. The molecule has 0 radical (unpaired) electrons. The molecule has 4 N–H and O–H groups in total. The number of benzene rings is 2. The van der Waals surface area contributed by atoms with E-state index >= 15 is 0 Å². The molecular weight excluding hydrogens is 331 g/mol. The van der Waals surface area contributed by atoms with Gasteiger partial charge in [-0.1, -0.05) is 47.5 Å². The summed E-state index contributed by atoms with van der Waals surface area (Å²) in [6.45, 7) is 1.62. The van der Waals surface area contributed by atoms with Crippen LogP contribution in [0.15, 0.2) is 47.5 Å². The lowest BCUT2D eigenvalue weighted by Crippen LogP contribution is -2.37. The van der Waals surface area contributed by atoms with Crippen LogP contribution in [0.1, 0.15) is 17.2 Å². The van der Waals surface area contributed by atoms with Gasteiger partial charge in [-0.15, -0.1) is 0 Å². The lowest BCUT2D eigenvalue weighted by Gasteiger charge is -2.22. The van der Waals surface area contributed by atoms with Crippen molar-refractivity contribution in [1.82, 2.24) is 10.6 Å². The standard InChI is InChI=1S/C17H18Cl2N4/c18-14-6-2-5-13(16(14)19)15(23-17-21-7-8-22-17)10-11-3-1-4-12(20)9-11/h1-6,9,15H,7-8,10,20H2,(H2,21,22,23). The van der Waals surface area contributed by atoms with Gasteiger partial charge in [0.25, 0.3) is 0 Å². The monoisotopic (exact) mass is 348 g/mol. The van der Waals surface area contributed by atoms with Gasteiger partial charge in [-0.3, -0.25) is 4.99 Å². The smallest absolute Gasteiger partial charge is 0.191 e. The van der Waals surface area contributed by atoms with Gasteiger partial charge in [0.05, 0.1) is 22.6 Å². The maximum atomic E-state index is 6.41. The van der Waals surface area contributed by atoms with E-state index in [-0.39, 0.29) is 6.04 Å². The first-order chi connectivity index (χ1) is 11.1. The molecule has 1 aliphatic heterocycles. The second-order valence-corrected chi connectivity index (χ2v) is 6.23. The minimum atomic E-state index is -0.0488. The van der Waals surface area contributed by atoms with Gasteiger partial charge in [-0.05, 0) is 35.7 Å². The van der Waals surface area contributed by atoms with E-state index in [0.717, 1.165) is 42.3 Å². The van der Waals surface area contributed by atoms with Gasteiger partial charge in [-0.2, -0.15) is 0 Å². The minimum absolute atomic E-state index is 0.0488. The van der Waals surface area contributed by atoms with Crippen molar-refractivity contribution < 1.29 is 0 Å². The van der Waals surface area contributed by atoms with Gasteiger partial charge in [0.15, 0.2) is 5.96 Å². The van der Waals surface area contributed by atoms with E-state index in [1.807, 2.05) is 36.4 Å². The number of halogens is 2. The predicted octanol–water partition coefficient (Wildman–Crippen LogP) is 3.41. The Labute approximate surface area is 145 Å². The number of hydrogen-bond donors (Lipinski definition) is 3. The quantitative estimate of drug-likeness (QED) is 0.742. The Morgan fingerprint density at radius 1 is 1.22 bits per heavy atom. The van der Waals surface area contributed by atoms with Gasteiger partial charge in [0, 0.05) is 12.2 Å². The van der Waals surface area contributed by atoms with Gasteiger partial charge in [0.2, 0.25) is 0 Å². The molecule has 0 saturated heterocycles. The Kier molecular flexibility index (Phi) is 4.94. The lowest BCUT2D eigenvalue weighted by molar-refractivity contribution is 0.634. The highest BCUT2D eigenvalue weighted by molar-refractivity contribution is 6.42. The van der Waals surface area contributed by atoms with Crippen LogP contribution in [0.2, 0.25) is 10.0 Å². The number of aliphatic imine (C=N–C) groups is 1. The Balaban J connectivity index is 1.91. The number of nitrogens with two attached hydrogens (primary N) is 1. The third kappa shape index (κ3) is 3.89. The summed E-state index contributed by atoms with van der Waals surface area (Å²) in [5.74, 6) is 0.787. The summed E-state index contributed by atoms with van der Waals surface area (Å²) in [5, 5.41) is 7.76. The van der Waals surface area contributed by atoms with E-state index in [2.05, 4.69) is 15.6 Å². The van der Waals surface area contributed by atoms with E-state index in [1.165, 1.54) is 0 Å². The number of hydrogen-bond acceptors (Lipinski definition) is 4. The molecule has 6 heteroatoms. The van der Waals surface area contributed by atoms with Crippen LogP contribution < -0.4 is 16.4 Å². The van der Waals surface area contributed by atoms with Crippen LogP contribution in [0.4, 0.5) is 5.69 Å². The average molecular weight is 349 g/mol. The second kappa shape index (κ2) is 7.11. The molecule has 0 fully saturated rings. The van der Waals surface area contributed by atoms with Crippen LogP contribution in [-0.2, 0) is 6.42 Å². The zero-order valence-corrected chi connectivity index (χ0v) is 14.0. The third-order valence-electron chi connectivity index (χ3n) is 3.73. The lowest BCUT2D eigenvalue weighted by atomic mass is 9.98. The van der Waals surface area contributed by atoms with E-state index in [1.54, 1.807) is 6.07 Å². The summed E-state index contributed by atoms with van der Waals surface area (Å²) in [5.41, 5.74) is 8.70. The Morgan fingerprint density at radius 2 is 2.04 bits per heavy atom. The van der Waals surface area contributed by atoms with Crippen LogP contribution >= 0.6 is 23.2 Å². The molecule has 23 heavy (non-hydrogen) atoms. The maximum absolute atomic E-state index is 6.41. The van der Waals surface area contributed by atoms with Crippen LogP contribution in [0, 0.1) is 0 Å². The number of nitrogen functional groups attached to an aromatic ring is 1. The maximum Gasteiger partial charge on any atom is 0.191 e. The van der Waals surface area contributed by atoms with E-state index in [9.17, 15) is 0 Å². The summed E-state index contributed by atoms with van der Waals surface area (Å²) in [4.78, 5) is 4.41. The highest BCUT2D eigenvalue weighted by Gasteiger charge is 2.19. The topological polar surface area (TPSA) is 62.4 Å². The minimum Gasteiger partial charge on any atom is -0.399 e. The molecule has 0 bridgehead atoms. The van der Waals surface area contributed by atoms with Crippen molar-refractivity contribution in [2.45, 2.75) is 12.5 Å². The number of rotatable bonds is 4. The largest absolute Gasteiger partial charge is 0.399 e. The zero-order chi connectivity index (χ0) is 16.2. The predicted molar refractivity (Wildman–Crippen MR) is 97.2 cm³/mol. The second-order valence-electron chi connectivity index (χ2n) is 5.45. The number of nitrogens with one attached hydrogen (secondary N) is 2. The molecule has 0 spiro atoms. The van der Waals surface area contributed by atoms with E-state index in [4.69, 9.17) is 28.9 Å². The van der Waals surface area contributed by atoms with Crippen molar-refractivity contribution in [3.63, 3.8) is 0 Å². The molecule has 4 nitrogen and oxygen atoms in total. The van der Waals surface area contributed by atoms with Crippen molar-refractivity contribution in [2.75, 3.05) is 18.8 Å². The number of anilines is 1. The fraction of sp³-hybridized carbons (Fsp3) is 0.235. The van der Waals surface area contributed by atoms with Crippen LogP contribution in [-0.4, -0.2) is 19.0 Å². The first-order valence-electron chi connectivity index (χ1n) is 7.46. The van der Waals surface area contributed by atoms with Crippen LogP contribution in [0.25, 0.3) is 0 Å². The van der Waals surface area contributed by atoms with Gasteiger partial charge in [-0.25, -0.2) is 0 Å². The van der Waals surface area contributed by atoms with E-state index in [0.29, 0.717) is 10.0 Å². The van der Waals surface area contributed by atoms with Crippen molar-refractivity contribution in [3.05, 3.63) is 63.6 Å². The summed E-state index contributed by atoms with van der Waals surface area (Å²) in [6, 6.07) is 13.5. The molecule has 2 aromatic rings. The molecular formula is C17H18Cl2N4. The first kappa shape index (κ1) is 16.0. The summed E-state index contributed by atoms with van der Waals surface area (Å²) < 4.78 is 0. The molecule has 1 heterocycles. The van der Waals surface area contributed by atoms with Crippen molar-refractivity contribution in [2.24, 2.45) is 4.99 Å². The molecule has 0 aromatic heterocycles. The number of nitrogens with zero attached hydrogens (tertiary/aromatic N) is 1. The highest BCUT2D eigenvalue weighted by Crippen LogP contribution is 2.31. The molecule has 0 saturated carbocycles. The zero-order valence-electron chi connectivity index (χ0n) is 12.5. The molecule has 1 atom stereocenters. The summed E-state index contributed by atoms with van der Waals surface area (Å²) >= 11 is 12.6. The SMILES string of the molecule is Nc1cccc(CC(NC2=NCCN2)c2cccc(Cl)c2Cl)c1. The molecule has 0 aliphatic carbocycles. The highest BCUT2D eigenvalue weighted by atomic mass is 35.5. The van der Waals surface area contributed by atoms with Crippen LogP contribution in [0.3, 0.4) is 0 Å². The molecule has 120 valence electrons. The normalized spacial score (nSPS) is 15.0. The fourth-order valence-corrected chi connectivity index (χ4v) is 3.08. The number of guanidine groups is 1. The Bertz CT molecular complexity index is 730. The summed E-state index contributed by atoms with van der Waals surface area (Å²) in [6.07, 6.45) is 0.728. The molecule has 2 aromatic carbocycles. The average Bonchev–Trinajstić information content (AvgIpc) is 3.02. The van der Waals surface area contributed by atoms with E-state index < -0.39 is 0 Å². The van der Waals surface area contributed by atoms with Crippen molar-refractivity contribution >= 4 is 34.8 Å². The Hall–Kier alpha value is -1.91. The third-order valence-corrected chi connectivity index (χ3v) is 4.57. The van der Waals surface area contributed by atoms with Gasteiger partial charge in [0.1, 0.15) is 0 Å².